The summed E-state index contributed by atoms with van der Waals surface area (Å²) >= 11 is 0. The maximum atomic E-state index is 4.75. The van der Waals surface area contributed by atoms with Crippen LogP contribution < -0.4 is 0 Å². The number of nitrogens with zero attached hydrogens (tertiary/aromatic N) is 4. The van der Waals surface area contributed by atoms with Gasteiger partial charge in [-0.2, -0.15) is 0 Å². The summed E-state index contributed by atoms with van der Waals surface area (Å²) in [4.78, 5) is 9.04. The van der Waals surface area contributed by atoms with Gasteiger partial charge in [-0.25, -0.2) is 4.98 Å². The fraction of sp³-hybridized carbons (Fsp3) is 0. The van der Waals surface area contributed by atoms with Crippen LogP contribution in [0.2, 0.25) is 0 Å². The quantitative estimate of drug-likeness (QED) is 0.294. The number of benzene rings is 3. The summed E-state index contributed by atoms with van der Waals surface area (Å²) in [5.41, 5.74) is 6.84. The third-order valence-corrected chi connectivity index (χ3v) is 6.49. The topological polar surface area (TPSA) is 35.6 Å². The standard InChI is InChI=1S/C30H20N4/c1-2-8-24(9-3-1)34-27-11-5-4-10-25(27)26-13-12-21-15-18-33(29(21)30(26)34)28-19-22(14-17-32-28)23-7-6-16-31-20-23/h1-20H. The molecule has 0 aliphatic carbocycles. The van der Waals surface area contributed by atoms with Gasteiger partial charge in [-0.3, -0.25) is 9.55 Å². The second-order valence-corrected chi connectivity index (χ2v) is 8.42. The van der Waals surface area contributed by atoms with Crippen molar-refractivity contribution in [2.45, 2.75) is 0 Å². The Labute approximate surface area is 196 Å². The second-order valence-electron chi connectivity index (χ2n) is 8.42. The average Bonchev–Trinajstić information content (AvgIpc) is 3.49. The Morgan fingerprint density at radius 1 is 0.618 bits per heavy atom. The highest BCUT2D eigenvalue weighted by Gasteiger charge is 2.18. The van der Waals surface area contributed by atoms with Crippen LogP contribution in [0.25, 0.3) is 55.3 Å². The number of fused-ring (bicyclic) bond motifs is 5. The van der Waals surface area contributed by atoms with Crippen LogP contribution in [-0.2, 0) is 0 Å². The third kappa shape index (κ3) is 2.79. The first-order valence-electron chi connectivity index (χ1n) is 11.3. The minimum atomic E-state index is 0.883. The van der Waals surface area contributed by atoms with Crippen LogP contribution in [0.15, 0.2) is 122 Å². The fourth-order valence-electron chi connectivity index (χ4n) is 4.97. The van der Waals surface area contributed by atoms with E-state index in [0.717, 1.165) is 28.1 Å². The Bertz CT molecular complexity index is 1790. The molecule has 34 heavy (non-hydrogen) atoms. The molecule has 4 heteroatoms. The predicted octanol–water partition coefficient (Wildman–Crippen LogP) is 7.18. The van der Waals surface area contributed by atoms with Crippen molar-refractivity contribution in [1.82, 2.24) is 19.1 Å². The van der Waals surface area contributed by atoms with E-state index in [0.29, 0.717) is 0 Å². The molecule has 0 saturated carbocycles. The maximum absolute atomic E-state index is 4.75. The first-order valence-corrected chi connectivity index (χ1v) is 11.3. The summed E-state index contributed by atoms with van der Waals surface area (Å²) < 4.78 is 4.57. The lowest BCUT2D eigenvalue weighted by Gasteiger charge is -2.12. The Balaban J connectivity index is 1.58. The molecule has 0 radical (unpaired) electrons. The molecule has 0 N–H and O–H groups in total. The summed E-state index contributed by atoms with van der Waals surface area (Å²) in [6.45, 7) is 0. The lowest BCUT2D eigenvalue weighted by atomic mass is 10.1. The van der Waals surface area contributed by atoms with Gasteiger partial charge < -0.3 is 4.57 Å². The largest absolute Gasteiger partial charge is 0.307 e. The smallest absolute Gasteiger partial charge is 0.137 e. The van der Waals surface area contributed by atoms with E-state index in [-0.39, 0.29) is 0 Å². The van der Waals surface area contributed by atoms with Crippen molar-refractivity contribution >= 4 is 32.7 Å². The Morgan fingerprint density at radius 3 is 2.38 bits per heavy atom. The van der Waals surface area contributed by atoms with Crippen molar-refractivity contribution < 1.29 is 0 Å². The van der Waals surface area contributed by atoms with Crippen LogP contribution >= 0.6 is 0 Å². The molecular weight excluding hydrogens is 416 g/mol. The molecule has 160 valence electrons. The number of aromatic nitrogens is 4. The molecule has 0 atom stereocenters. The minimum absolute atomic E-state index is 0.883. The molecule has 7 rings (SSSR count). The summed E-state index contributed by atoms with van der Waals surface area (Å²) in [7, 11) is 0. The highest BCUT2D eigenvalue weighted by atomic mass is 15.1. The SMILES string of the molecule is c1ccc(-n2c3ccccc3c3ccc4ccn(-c5cc(-c6cccnc6)ccn5)c4c32)cc1. The second kappa shape index (κ2) is 7.42. The molecule has 0 amide bonds. The number of para-hydroxylation sites is 2. The summed E-state index contributed by atoms with van der Waals surface area (Å²) in [5.74, 6) is 0.883. The molecule has 0 aliphatic rings. The number of rotatable bonds is 3. The van der Waals surface area contributed by atoms with E-state index in [1.807, 2.05) is 24.5 Å². The fourth-order valence-corrected chi connectivity index (χ4v) is 4.97. The molecule has 3 aromatic carbocycles. The predicted molar refractivity (Wildman–Crippen MR) is 139 cm³/mol. The van der Waals surface area contributed by atoms with Crippen molar-refractivity contribution in [3.05, 3.63) is 122 Å². The molecule has 0 bridgehead atoms. The molecule has 4 heterocycles. The van der Waals surface area contributed by atoms with Gasteiger partial charge in [0.2, 0.25) is 0 Å². The van der Waals surface area contributed by atoms with Crippen LogP contribution in [0.1, 0.15) is 0 Å². The first kappa shape index (κ1) is 18.8. The van der Waals surface area contributed by atoms with Crippen LogP contribution in [0, 0.1) is 0 Å². The highest BCUT2D eigenvalue weighted by molar-refractivity contribution is 6.18. The van der Waals surface area contributed by atoms with Crippen LogP contribution in [0.3, 0.4) is 0 Å². The van der Waals surface area contributed by atoms with Crippen molar-refractivity contribution in [2.24, 2.45) is 0 Å². The van der Waals surface area contributed by atoms with E-state index >= 15 is 0 Å². The summed E-state index contributed by atoms with van der Waals surface area (Å²) in [5, 5.41) is 3.66. The molecule has 0 saturated heterocycles. The molecular formula is C30H20N4. The summed E-state index contributed by atoms with van der Waals surface area (Å²) in [6, 6.07) is 34.0. The van der Waals surface area contributed by atoms with Crippen LogP contribution in [-0.4, -0.2) is 19.1 Å². The zero-order chi connectivity index (χ0) is 22.5. The van der Waals surface area contributed by atoms with Gasteiger partial charge >= 0.3 is 0 Å². The van der Waals surface area contributed by atoms with E-state index in [1.54, 1.807) is 6.20 Å². The normalized spacial score (nSPS) is 11.5. The van der Waals surface area contributed by atoms with Gasteiger partial charge in [-0.1, -0.05) is 54.6 Å². The zero-order valence-electron chi connectivity index (χ0n) is 18.3. The number of hydrogen-bond donors (Lipinski definition) is 0. The Kier molecular flexibility index (Phi) is 4.11. The van der Waals surface area contributed by atoms with Gasteiger partial charge in [0.05, 0.1) is 16.6 Å². The molecule has 4 aromatic heterocycles. The minimum Gasteiger partial charge on any atom is -0.307 e. The van der Waals surface area contributed by atoms with Crippen molar-refractivity contribution in [3.63, 3.8) is 0 Å². The Morgan fingerprint density at radius 2 is 1.50 bits per heavy atom. The number of hydrogen-bond acceptors (Lipinski definition) is 2. The molecule has 0 aliphatic heterocycles. The molecule has 0 fully saturated rings. The van der Waals surface area contributed by atoms with Gasteiger partial charge in [-0.05, 0) is 48.0 Å². The number of pyridine rings is 2. The van der Waals surface area contributed by atoms with Gasteiger partial charge in [-0.15, -0.1) is 0 Å². The first-order chi connectivity index (χ1) is 16.9. The summed E-state index contributed by atoms with van der Waals surface area (Å²) in [6.07, 6.45) is 7.67. The monoisotopic (exact) mass is 436 g/mol. The molecule has 4 nitrogen and oxygen atoms in total. The molecule has 0 unspecified atom stereocenters. The van der Waals surface area contributed by atoms with E-state index in [2.05, 4.69) is 105 Å². The Hall–Kier alpha value is -4.70. The maximum Gasteiger partial charge on any atom is 0.137 e. The van der Waals surface area contributed by atoms with Gasteiger partial charge in [0.25, 0.3) is 0 Å². The highest BCUT2D eigenvalue weighted by Crippen LogP contribution is 2.37. The molecule has 7 aromatic rings. The van der Waals surface area contributed by atoms with Crippen LogP contribution in [0.4, 0.5) is 0 Å². The van der Waals surface area contributed by atoms with Gasteiger partial charge in [0.15, 0.2) is 0 Å². The van der Waals surface area contributed by atoms with E-state index in [1.165, 1.54) is 27.2 Å². The van der Waals surface area contributed by atoms with E-state index in [4.69, 9.17) is 4.98 Å². The van der Waals surface area contributed by atoms with Crippen LogP contribution in [0.5, 0.6) is 0 Å². The van der Waals surface area contributed by atoms with Crippen molar-refractivity contribution in [1.29, 1.82) is 0 Å². The van der Waals surface area contributed by atoms with E-state index < -0.39 is 0 Å². The lowest BCUT2D eigenvalue weighted by Crippen LogP contribution is -1.99. The lowest BCUT2D eigenvalue weighted by molar-refractivity contribution is 1.04. The van der Waals surface area contributed by atoms with Crippen molar-refractivity contribution in [3.8, 4) is 22.6 Å². The third-order valence-electron chi connectivity index (χ3n) is 6.49. The van der Waals surface area contributed by atoms with Gasteiger partial charge in [0.1, 0.15) is 5.82 Å². The van der Waals surface area contributed by atoms with E-state index in [9.17, 15) is 0 Å². The molecule has 0 spiro atoms. The zero-order valence-corrected chi connectivity index (χ0v) is 18.3. The van der Waals surface area contributed by atoms with Gasteiger partial charge in [0, 0.05) is 52.2 Å². The average molecular weight is 437 g/mol. The van der Waals surface area contributed by atoms with Crippen molar-refractivity contribution in [2.75, 3.05) is 0 Å².